The number of carbonyl (C=O) groups excluding carboxylic acids is 1. The summed E-state index contributed by atoms with van der Waals surface area (Å²) in [7, 11) is 0. The SMILES string of the molecule is CCC1(CC)CCN(CCC(=O)c2cccc(Br)c2)CC1. The first-order valence-corrected chi connectivity index (χ1v) is 8.89. The fraction of sp³-hybridized carbons (Fsp3) is 0.611. The highest BCUT2D eigenvalue weighted by Crippen LogP contribution is 2.37. The lowest BCUT2D eigenvalue weighted by molar-refractivity contribution is 0.0841. The first-order valence-electron chi connectivity index (χ1n) is 8.10. The minimum atomic E-state index is 0.249. The molecule has 0 amide bonds. The van der Waals surface area contributed by atoms with Crippen LogP contribution in [0.4, 0.5) is 0 Å². The van der Waals surface area contributed by atoms with Crippen LogP contribution in [0, 0.1) is 5.41 Å². The van der Waals surface area contributed by atoms with Gasteiger partial charge in [-0.2, -0.15) is 0 Å². The van der Waals surface area contributed by atoms with Crippen LogP contribution in [0.25, 0.3) is 0 Å². The van der Waals surface area contributed by atoms with Gasteiger partial charge >= 0.3 is 0 Å². The molecule has 1 aliphatic heterocycles. The number of rotatable bonds is 6. The van der Waals surface area contributed by atoms with Gasteiger partial charge in [-0.3, -0.25) is 4.79 Å². The van der Waals surface area contributed by atoms with E-state index in [9.17, 15) is 4.79 Å². The number of halogens is 1. The van der Waals surface area contributed by atoms with Gasteiger partial charge in [-0.1, -0.05) is 54.8 Å². The van der Waals surface area contributed by atoms with Crippen LogP contribution in [0.1, 0.15) is 56.3 Å². The van der Waals surface area contributed by atoms with Gasteiger partial charge < -0.3 is 4.90 Å². The van der Waals surface area contributed by atoms with E-state index in [0.717, 1.165) is 29.7 Å². The topological polar surface area (TPSA) is 20.3 Å². The van der Waals surface area contributed by atoms with E-state index < -0.39 is 0 Å². The van der Waals surface area contributed by atoms with Crippen LogP contribution in [0.2, 0.25) is 0 Å². The number of hydrogen-bond donors (Lipinski definition) is 0. The first-order chi connectivity index (χ1) is 10.1. The van der Waals surface area contributed by atoms with E-state index in [-0.39, 0.29) is 5.78 Å². The Bertz CT molecular complexity index is 472. The van der Waals surface area contributed by atoms with Crippen molar-refractivity contribution in [3.63, 3.8) is 0 Å². The van der Waals surface area contributed by atoms with E-state index in [1.165, 1.54) is 25.7 Å². The Kier molecular flexibility index (Phi) is 6.00. The average molecular weight is 352 g/mol. The maximum Gasteiger partial charge on any atom is 0.164 e. The third-order valence-electron chi connectivity index (χ3n) is 5.22. The summed E-state index contributed by atoms with van der Waals surface area (Å²) in [5.74, 6) is 0.249. The van der Waals surface area contributed by atoms with Crippen molar-refractivity contribution < 1.29 is 4.79 Å². The van der Waals surface area contributed by atoms with Crippen molar-refractivity contribution in [3.8, 4) is 0 Å². The number of Topliss-reactive ketones (excluding diaryl/α,β-unsaturated/α-hetero) is 1. The van der Waals surface area contributed by atoms with Gasteiger partial charge in [-0.05, 0) is 43.5 Å². The zero-order valence-corrected chi connectivity index (χ0v) is 14.8. The quantitative estimate of drug-likeness (QED) is 0.677. The number of likely N-dealkylation sites (tertiary alicyclic amines) is 1. The Hall–Kier alpha value is -0.670. The van der Waals surface area contributed by atoms with Crippen LogP contribution in [0.3, 0.4) is 0 Å². The van der Waals surface area contributed by atoms with Crippen LogP contribution < -0.4 is 0 Å². The summed E-state index contributed by atoms with van der Waals surface area (Å²) in [5, 5.41) is 0. The predicted molar refractivity (Wildman–Crippen MR) is 91.8 cm³/mol. The van der Waals surface area contributed by atoms with Gasteiger partial charge in [-0.15, -0.1) is 0 Å². The maximum absolute atomic E-state index is 12.2. The van der Waals surface area contributed by atoms with Gasteiger partial charge in [0.2, 0.25) is 0 Å². The molecule has 1 saturated heterocycles. The third-order valence-corrected chi connectivity index (χ3v) is 5.71. The van der Waals surface area contributed by atoms with Crippen molar-refractivity contribution in [3.05, 3.63) is 34.3 Å². The molecule has 1 aromatic carbocycles. The van der Waals surface area contributed by atoms with Crippen molar-refractivity contribution >= 4 is 21.7 Å². The summed E-state index contributed by atoms with van der Waals surface area (Å²) in [6.07, 6.45) is 5.76. The molecule has 0 spiro atoms. The Morgan fingerprint density at radius 2 is 1.90 bits per heavy atom. The standard InChI is InChI=1S/C18H26BrNO/c1-3-18(4-2)9-12-20(13-10-18)11-8-17(21)15-6-5-7-16(19)14-15/h5-7,14H,3-4,8-13H2,1-2H3. The summed E-state index contributed by atoms with van der Waals surface area (Å²) < 4.78 is 0.974. The highest BCUT2D eigenvalue weighted by Gasteiger charge is 2.31. The molecule has 1 aromatic rings. The highest BCUT2D eigenvalue weighted by molar-refractivity contribution is 9.10. The Balaban J connectivity index is 1.81. The second-order valence-electron chi connectivity index (χ2n) is 6.23. The Labute approximate surface area is 137 Å². The van der Waals surface area contributed by atoms with Crippen LogP contribution in [0.15, 0.2) is 28.7 Å². The number of benzene rings is 1. The van der Waals surface area contributed by atoms with Crippen LogP contribution in [-0.2, 0) is 0 Å². The van der Waals surface area contributed by atoms with E-state index in [4.69, 9.17) is 0 Å². The smallest absolute Gasteiger partial charge is 0.164 e. The molecule has 2 rings (SSSR count). The number of hydrogen-bond acceptors (Lipinski definition) is 2. The van der Waals surface area contributed by atoms with E-state index in [0.29, 0.717) is 11.8 Å². The summed E-state index contributed by atoms with van der Waals surface area (Å²) >= 11 is 3.42. The number of nitrogens with zero attached hydrogens (tertiary/aromatic N) is 1. The number of carbonyl (C=O) groups is 1. The molecule has 0 atom stereocenters. The molecule has 0 aromatic heterocycles. The van der Waals surface area contributed by atoms with Crippen molar-refractivity contribution in [2.75, 3.05) is 19.6 Å². The summed E-state index contributed by atoms with van der Waals surface area (Å²) in [5.41, 5.74) is 1.38. The average Bonchev–Trinajstić information content (AvgIpc) is 2.53. The Morgan fingerprint density at radius 1 is 1.24 bits per heavy atom. The molecule has 1 fully saturated rings. The molecule has 1 aliphatic rings. The summed E-state index contributed by atoms with van der Waals surface area (Å²) in [4.78, 5) is 14.7. The molecule has 2 nitrogen and oxygen atoms in total. The van der Waals surface area contributed by atoms with E-state index >= 15 is 0 Å². The minimum absolute atomic E-state index is 0.249. The molecule has 0 unspecified atom stereocenters. The second kappa shape index (κ2) is 7.55. The lowest BCUT2D eigenvalue weighted by Crippen LogP contribution is -2.40. The molecule has 3 heteroatoms. The third kappa shape index (κ3) is 4.40. The molecule has 0 saturated carbocycles. The summed E-state index contributed by atoms with van der Waals surface area (Å²) in [6.45, 7) is 7.82. The zero-order chi connectivity index (χ0) is 15.3. The predicted octanol–water partition coefficient (Wildman–Crippen LogP) is 4.92. The molecule has 0 aliphatic carbocycles. The maximum atomic E-state index is 12.2. The largest absolute Gasteiger partial charge is 0.303 e. The molecular weight excluding hydrogens is 326 g/mol. The van der Waals surface area contributed by atoms with Crippen molar-refractivity contribution in [1.29, 1.82) is 0 Å². The molecule has 116 valence electrons. The molecule has 0 N–H and O–H groups in total. The fourth-order valence-corrected chi connectivity index (χ4v) is 3.67. The van der Waals surface area contributed by atoms with E-state index in [2.05, 4.69) is 34.7 Å². The lowest BCUT2D eigenvalue weighted by Gasteiger charge is -2.41. The zero-order valence-electron chi connectivity index (χ0n) is 13.2. The second-order valence-corrected chi connectivity index (χ2v) is 7.15. The fourth-order valence-electron chi connectivity index (χ4n) is 3.27. The van der Waals surface area contributed by atoms with Gasteiger partial charge in [0.25, 0.3) is 0 Å². The van der Waals surface area contributed by atoms with Gasteiger partial charge in [0.15, 0.2) is 5.78 Å². The molecule has 1 heterocycles. The van der Waals surface area contributed by atoms with Crippen LogP contribution >= 0.6 is 15.9 Å². The molecule has 0 radical (unpaired) electrons. The summed E-state index contributed by atoms with van der Waals surface area (Å²) in [6, 6.07) is 7.70. The lowest BCUT2D eigenvalue weighted by atomic mass is 9.74. The van der Waals surface area contributed by atoms with Crippen LogP contribution in [0.5, 0.6) is 0 Å². The number of piperidine rings is 1. The van der Waals surface area contributed by atoms with Crippen molar-refractivity contribution in [2.45, 2.75) is 46.0 Å². The van der Waals surface area contributed by atoms with Gasteiger partial charge in [0.05, 0.1) is 0 Å². The monoisotopic (exact) mass is 351 g/mol. The number of ketones is 1. The molecule has 21 heavy (non-hydrogen) atoms. The van der Waals surface area contributed by atoms with Gasteiger partial charge in [0, 0.05) is 23.0 Å². The Morgan fingerprint density at radius 3 is 2.48 bits per heavy atom. The minimum Gasteiger partial charge on any atom is -0.303 e. The van der Waals surface area contributed by atoms with Gasteiger partial charge in [-0.25, -0.2) is 0 Å². The van der Waals surface area contributed by atoms with Gasteiger partial charge in [0.1, 0.15) is 0 Å². The van der Waals surface area contributed by atoms with Crippen molar-refractivity contribution in [1.82, 2.24) is 4.90 Å². The van der Waals surface area contributed by atoms with Crippen LogP contribution in [-0.4, -0.2) is 30.3 Å². The molecular formula is C18H26BrNO. The van der Waals surface area contributed by atoms with Crippen molar-refractivity contribution in [2.24, 2.45) is 5.41 Å². The van der Waals surface area contributed by atoms with E-state index in [1.807, 2.05) is 24.3 Å². The highest BCUT2D eigenvalue weighted by atomic mass is 79.9. The normalized spacial score (nSPS) is 18.6. The first kappa shape index (κ1) is 16.7. The molecule has 0 bridgehead atoms. The van der Waals surface area contributed by atoms with E-state index in [1.54, 1.807) is 0 Å².